The van der Waals surface area contributed by atoms with E-state index in [2.05, 4.69) is 30.7 Å². The third-order valence-corrected chi connectivity index (χ3v) is 5.77. The first kappa shape index (κ1) is 21.3. The molecule has 1 fully saturated rings. The van der Waals surface area contributed by atoms with E-state index in [1.54, 1.807) is 0 Å². The Morgan fingerprint density at radius 2 is 2.00 bits per heavy atom. The van der Waals surface area contributed by atoms with Gasteiger partial charge in [-0.05, 0) is 31.6 Å². The van der Waals surface area contributed by atoms with Crippen LogP contribution in [0, 0.1) is 18.8 Å². The topological polar surface area (TPSA) is 101 Å². The maximum absolute atomic E-state index is 12.6. The molecule has 9 nitrogen and oxygen atoms in total. The number of hydrogen-bond donors (Lipinski definition) is 2. The Morgan fingerprint density at radius 1 is 1.29 bits per heavy atom. The quantitative estimate of drug-likeness (QED) is 0.740. The Hall–Kier alpha value is -2.92. The molecule has 0 aromatic carbocycles. The Morgan fingerprint density at radius 3 is 2.61 bits per heavy atom. The van der Waals surface area contributed by atoms with Gasteiger partial charge in [-0.15, -0.1) is 5.10 Å². The smallest absolute Gasteiger partial charge is 0.351 e. The molecule has 2 aromatic heterocycles. The van der Waals surface area contributed by atoms with E-state index in [1.807, 2.05) is 32.7 Å². The first-order chi connectivity index (χ1) is 14.5. The monoisotopic (exact) mass is 438 g/mol. The van der Waals surface area contributed by atoms with E-state index in [4.69, 9.17) is 0 Å². The van der Waals surface area contributed by atoms with E-state index in [0.717, 1.165) is 19.2 Å². The molecular formula is C19H25F3N8O. The van der Waals surface area contributed by atoms with Crippen LogP contribution in [-0.4, -0.2) is 49.8 Å². The van der Waals surface area contributed by atoms with Gasteiger partial charge in [-0.25, -0.2) is 9.97 Å². The third kappa shape index (κ3) is 4.15. The zero-order valence-electron chi connectivity index (χ0n) is 17.7. The van der Waals surface area contributed by atoms with Crippen LogP contribution in [0.3, 0.4) is 0 Å². The minimum Gasteiger partial charge on any atom is -0.351 e. The normalized spacial score (nSPS) is 23.4. The lowest BCUT2D eigenvalue weighted by Crippen LogP contribution is -2.50. The number of alkyl halides is 3. The second-order valence-corrected chi connectivity index (χ2v) is 8.59. The highest BCUT2D eigenvalue weighted by molar-refractivity contribution is 6.03. The fraction of sp³-hybridized carbons (Fsp3) is 0.632. The second-order valence-electron chi connectivity index (χ2n) is 8.59. The largest absolute Gasteiger partial charge is 0.453 e. The van der Waals surface area contributed by atoms with E-state index in [1.165, 1.54) is 4.68 Å². The number of halogens is 3. The number of aryl methyl sites for hydroxylation is 1. The number of carbonyl (C=O) groups is 1. The van der Waals surface area contributed by atoms with Gasteiger partial charge in [-0.2, -0.15) is 18.2 Å². The van der Waals surface area contributed by atoms with Gasteiger partial charge in [0, 0.05) is 19.6 Å². The number of amides is 1. The molecule has 0 unspecified atom stereocenters. The maximum atomic E-state index is 12.6. The number of nitrogens with one attached hydrogen (secondary N) is 2. The predicted octanol–water partition coefficient (Wildman–Crippen LogP) is 2.70. The van der Waals surface area contributed by atoms with E-state index >= 15 is 0 Å². The summed E-state index contributed by atoms with van der Waals surface area (Å²) in [5.74, 6) is 0.284. The molecule has 2 aromatic rings. The molecule has 12 heteroatoms. The van der Waals surface area contributed by atoms with Crippen molar-refractivity contribution in [2.24, 2.45) is 11.8 Å². The molecule has 1 atom stereocenters. The summed E-state index contributed by atoms with van der Waals surface area (Å²) in [5.41, 5.74) is 1.29. The van der Waals surface area contributed by atoms with Crippen LogP contribution in [0.5, 0.6) is 0 Å². The van der Waals surface area contributed by atoms with Crippen LogP contribution >= 0.6 is 0 Å². The molecule has 0 radical (unpaired) electrons. The van der Waals surface area contributed by atoms with Gasteiger partial charge in [0.05, 0.1) is 5.69 Å². The summed E-state index contributed by atoms with van der Waals surface area (Å²) < 4.78 is 39.1. The lowest BCUT2D eigenvalue weighted by Gasteiger charge is -2.38. The number of hydrogen-bond acceptors (Lipinski definition) is 7. The summed E-state index contributed by atoms with van der Waals surface area (Å²) in [6.45, 7) is 6.18. The Kier molecular flexibility index (Phi) is 5.26. The standard InChI is InChI=1S/C19H25F3N8O/c1-9(2)14-16(31)26-13-10(3)24-18(27-15(13)29(14)4)25-12-5-11(6-12)7-30-8-23-17(28-30)19(20,21)22/h8-9,11-12,14H,5-7H2,1-4H3,(H,26,31)(H,24,25,27)/t11?,12?,14-/m0/s1. The molecule has 0 spiro atoms. The molecule has 0 saturated heterocycles. The van der Waals surface area contributed by atoms with Gasteiger partial charge in [0.25, 0.3) is 5.82 Å². The fourth-order valence-corrected chi connectivity index (χ4v) is 4.24. The second kappa shape index (κ2) is 7.65. The first-order valence-corrected chi connectivity index (χ1v) is 10.2. The minimum atomic E-state index is -4.53. The molecule has 2 aliphatic rings. The minimum absolute atomic E-state index is 0.0685. The maximum Gasteiger partial charge on any atom is 0.453 e. The van der Waals surface area contributed by atoms with Crippen LogP contribution in [0.25, 0.3) is 0 Å². The summed E-state index contributed by atoms with van der Waals surface area (Å²) in [6, 6.07) is -0.190. The van der Waals surface area contributed by atoms with Crippen molar-refractivity contribution in [1.82, 2.24) is 24.7 Å². The van der Waals surface area contributed by atoms with Crippen LogP contribution in [0.1, 0.15) is 38.2 Å². The molecule has 168 valence electrons. The van der Waals surface area contributed by atoms with Crippen LogP contribution < -0.4 is 15.5 Å². The zero-order valence-corrected chi connectivity index (χ0v) is 17.7. The van der Waals surface area contributed by atoms with E-state index in [0.29, 0.717) is 29.7 Å². The highest BCUT2D eigenvalue weighted by Crippen LogP contribution is 2.36. The van der Waals surface area contributed by atoms with Gasteiger partial charge in [0.1, 0.15) is 18.1 Å². The van der Waals surface area contributed by atoms with Crippen molar-refractivity contribution in [2.75, 3.05) is 22.6 Å². The SMILES string of the molecule is Cc1nc(NC2CC(Cn3cnc(C(F)(F)F)n3)C2)nc2c1NC(=O)[C@H](C(C)C)N2C. The molecule has 2 N–H and O–H groups in total. The van der Waals surface area contributed by atoms with Gasteiger partial charge in [0.15, 0.2) is 5.82 Å². The Labute approximate surface area is 177 Å². The van der Waals surface area contributed by atoms with Crippen molar-refractivity contribution in [2.45, 2.75) is 58.4 Å². The number of anilines is 3. The van der Waals surface area contributed by atoms with Crippen molar-refractivity contribution in [3.8, 4) is 0 Å². The molecule has 3 heterocycles. The van der Waals surface area contributed by atoms with E-state index < -0.39 is 12.0 Å². The van der Waals surface area contributed by atoms with Gasteiger partial charge >= 0.3 is 6.18 Å². The average Bonchev–Trinajstić information content (AvgIpc) is 3.10. The Bertz CT molecular complexity index is 983. The van der Waals surface area contributed by atoms with E-state index in [-0.39, 0.29) is 29.8 Å². The Balaban J connectivity index is 1.39. The summed E-state index contributed by atoms with van der Waals surface area (Å²) in [5, 5.41) is 9.72. The van der Waals surface area contributed by atoms with Gasteiger partial charge < -0.3 is 15.5 Å². The van der Waals surface area contributed by atoms with E-state index in [9.17, 15) is 18.0 Å². The summed E-state index contributed by atoms with van der Waals surface area (Å²) in [4.78, 5) is 26.7. The van der Waals surface area contributed by atoms with Gasteiger partial charge in [-0.1, -0.05) is 13.8 Å². The predicted molar refractivity (Wildman–Crippen MR) is 108 cm³/mol. The molecule has 1 amide bonds. The van der Waals surface area contributed by atoms with Crippen molar-refractivity contribution < 1.29 is 18.0 Å². The number of rotatable bonds is 5. The number of fused-ring (bicyclic) bond motifs is 1. The fourth-order valence-electron chi connectivity index (χ4n) is 4.24. The molecule has 1 aliphatic heterocycles. The number of aromatic nitrogens is 5. The summed E-state index contributed by atoms with van der Waals surface area (Å²) in [7, 11) is 1.85. The summed E-state index contributed by atoms with van der Waals surface area (Å²) in [6.07, 6.45) is -1.88. The third-order valence-electron chi connectivity index (χ3n) is 5.77. The number of likely N-dealkylation sites (N-methyl/N-ethyl adjacent to an activating group) is 1. The molecule has 1 aliphatic carbocycles. The van der Waals surface area contributed by atoms with Crippen molar-refractivity contribution >= 4 is 23.4 Å². The number of carbonyl (C=O) groups excluding carboxylic acids is 1. The lowest BCUT2D eigenvalue weighted by molar-refractivity contribution is -0.145. The zero-order chi connectivity index (χ0) is 22.5. The average molecular weight is 438 g/mol. The van der Waals surface area contributed by atoms with Crippen molar-refractivity contribution in [3.05, 3.63) is 17.8 Å². The van der Waals surface area contributed by atoms with Crippen LogP contribution in [0.2, 0.25) is 0 Å². The molecule has 1 saturated carbocycles. The van der Waals surface area contributed by atoms with Crippen molar-refractivity contribution in [1.29, 1.82) is 0 Å². The van der Waals surface area contributed by atoms with Gasteiger partial charge in [0.2, 0.25) is 11.9 Å². The summed E-state index contributed by atoms with van der Waals surface area (Å²) >= 11 is 0. The van der Waals surface area contributed by atoms with Crippen LogP contribution in [-0.2, 0) is 17.5 Å². The van der Waals surface area contributed by atoms with Crippen molar-refractivity contribution in [3.63, 3.8) is 0 Å². The number of nitrogens with zero attached hydrogens (tertiary/aromatic N) is 6. The first-order valence-electron chi connectivity index (χ1n) is 10.2. The molecule has 0 bridgehead atoms. The molecule has 31 heavy (non-hydrogen) atoms. The molecule has 4 rings (SSSR count). The van der Waals surface area contributed by atoms with Crippen LogP contribution in [0.15, 0.2) is 6.33 Å². The van der Waals surface area contributed by atoms with Crippen LogP contribution in [0.4, 0.5) is 30.6 Å². The highest BCUT2D eigenvalue weighted by Gasteiger charge is 2.38. The highest BCUT2D eigenvalue weighted by atomic mass is 19.4. The molecular weight excluding hydrogens is 413 g/mol. The lowest BCUT2D eigenvalue weighted by atomic mass is 9.80. The van der Waals surface area contributed by atoms with Gasteiger partial charge in [-0.3, -0.25) is 9.48 Å².